The molecule has 1 saturated heterocycles. The Morgan fingerprint density at radius 2 is 2.00 bits per heavy atom. The molecule has 4 N–H and O–H groups in total. The summed E-state index contributed by atoms with van der Waals surface area (Å²) in [5.74, 6) is -5.21. The van der Waals surface area contributed by atoms with Gasteiger partial charge in [0.1, 0.15) is 18.7 Å². The van der Waals surface area contributed by atoms with Gasteiger partial charge in [-0.25, -0.2) is 14.4 Å². The van der Waals surface area contributed by atoms with E-state index >= 15 is 8.78 Å². The summed E-state index contributed by atoms with van der Waals surface area (Å²) >= 11 is 0. The zero-order valence-corrected chi connectivity index (χ0v) is 15.8. The Morgan fingerprint density at radius 1 is 1.29 bits per heavy atom. The fourth-order valence-electron chi connectivity index (χ4n) is 2.89. The summed E-state index contributed by atoms with van der Waals surface area (Å²) in [6.07, 6.45) is -6.08. The Morgan fingerprint density at radius 3 is 2.61 bits per heavy atom. The number of hydrogen-bond donors (Lipinski definition) is 3. The summed E-state index contributed by atoms with van der Waals surface area (Å²) < 4.78 is 45.0. The smallest absolute Gasteiger partial charge is 0.414 e. The predicted octanol–water partition coefficient (Wildman–Crippen LogP) is 0.459. The van der Waals surface area contributed by atoms with E-state index in [2.05, 4.69) is 15.0 Å². The van der Waals surface area contributed by atoms with Crippen LogP contribution in [0.1, 0.15) is 16.6 Å². The number of benzene rings is 1. The van der Waals surface area contributed by atoms with Gasteiger partial charge in [-0.1, -0.05) is 18.2 Å². The zero-order valence-electron chi connectivity index (χ0n) is 15.8. The Balaban J connectivity index is 1.83. The van der Waals surface area contributed by atoms with E-state index in [4.69, 9.17) is 15.2 Å². The van der Waals surface area contributed by atoms with E-state index in [0.717, 1.165) is 12.3 Å². The Bertz CT molecular complexity index is 1000. The van der Waals surface area contributed by atoms with Gasteiger partial charge in [-0.05, 0) is 18.2 Å². The number of halogens is 2. The van der Waals surface area contributed by atoms with Gasteiger partial charge >= 0.3 is 23.7 Å². The lowest BCUT2D eigenvalue weighted by molar-refractivity contribution is -0.142. The number of rotatable bonds is 6. The van der Waals surface area contributed by atoms with Crippen LogP contribution in [-0.2, 0) is 14.2 Å². The molecule has 0 bridgehead atoms. The second-order valence-electron chi connectivity index (χ2n) is 6.30. The molecule has 0 saturated carbocycles. The lowest BCUT2D eigenvalue weighted by Gasteiger charge is -2.24. The van der Waals surface area contributed by atoms with E-state index in [0.29, 0.717) is 4.57 Å². The highest BCUT2D eigenvalue weighted by atomic mass is 19.3. The third-order valence-electron chi connectivity index (χ3n) is 4.30. The van der Waals surface area contributed by atoms with Crippen LogP contribution in [0.4, 0.5) is 19.4 Å². The molecule has 0 radical (unpaired) electrons. The first kappa shape index (κ1) is 22.3. The van der Waals surface area contributed by atoms with Crippen molar-refractivity contribution in [2.24, 2.45) is 5.73 Å². The number of anilines is 1. The molecule has 1 aliphatic heterocycles. The Labute approximate surface area is 173 Å². The standard InChI is InChI=1S/C18H18F2N4O7/c19-18(20)13(31-14(26)10-4-2-1-3-5-10)11(8-25)30-15(18)24-7-6-12(22-16(24)27)23-17(28)29-9-21/h1-7,11,13,15,25H,8-9,21H2,(H,22,23,27,28)/t11-,13?,15-/m1/s1. The highest BCUT2D eigenvalue weighted by Gasteiger charge is 2.62. The molecule has 11 nitrogen and oxygen atoms in total. The minimum absolute atomic E-state index is 0.0251. The van der Waals surface area contributed by atoms with Gasteiger partial charge in [-0.2, -0.15) is 13.8 Å². The van der Waals surface area contributed by atoms with Crippen LogP contribution in [0.3, 0.4) is 0 Å². The van der Waals surface area contributed by atoms with E-state index in [-0.39, 0.29) is 11.4 Å². The van der Waals surface area contributed by atoms with Crippen molar-refractivity contribution in [2.45, 2.75) is 24.4 Å². The van der Waals surface area contributed by atoms with Crippen LogP contribution in [-0.4, -0.2) is 58.2 Å². The average molecular weight is 440 g/mol. The molecular formula is C18H18F2N4O7. The maximum atomic E-state index is 15.1. The van der Waals surface area contributed by atoms with Gasteiger partial charge in [-0.15, -0.1) is 0 Å². The van der Waals surface area contributed by atoms with Crippen molar-refractivity contribution in [3.05, 3.63) is 58.6 Å². The zero-order chi connectivity index (χ0) is 22.6. The van der Waals surface area contributed by atoms with Gasteiger partial charge in [0.25, 0.3) is 0 Å². The maximum Gasteiger partial charge on any atom is 0.414 e. The number of alkyl halides is 2. The van der Waals surface area contributed by atoms with Crippen molar-refractivity contribution >= 4 is 17.9 Å². The summed E-state index contributed by atoms with van der Waals surface area (Å²) in [6, 6.07) is 8.47. The van der Waals surface area contributed by atoms with Gasteiger partial charge in [-0.3, -0.25) is 15.6 Å². The number of amides is 1. The molecule has 1 aromatic carbocycles. The lowest BCUT2D eigenvalue weighted by Crippen LogP contribution is -2.44. The molecule has 1 amide bonds. The van der Waals surface area contributed by atoms with E-state index in [1.54, 1.807) is 6.07 Å². The Kier molecular flexibility index (Phi) is 6.58. The third-order valence-corrected chi connectivity index (χ3v) is 4.30. The van der Waals surface area contributed by atoms with E-state index in [1.807, 2.05) is 0 Å². The van der Waals surface area contributed by atoms with E-state index < -0.39 is 55.4 Å². The van der Waals surface area contributed by atoms with Gasteiger partial charge in [0.05, 0.1) is 12.2 Å². The number of esters is 1. The van der Waals surface area contributed by atoms with Crippen LogP contribution >= 0.6 is 0 Å². The van der Waals surface area contributed by atoms with Crippen molar-refractivity contribution in [1.29, 1.82) is 0 Å². The average Bonchev–Trinajstić information content (AvgIpc) is 2.99. The molecule has 1 unspecified atom stereocenters. The van der Waals surface area contributed by atoms with Gasteiger partial charge in [0.2, 0.25) is 6.23 Å². The SMILES string of the molecule is NCOC(=O)Nc1ccn([C@@H]2O[C@H](CO)C(OC(=O)c3ccccc3)C2(F)F)c(=O)n1. The van der Waals surface area contributed by atoms with Crippen molar-refractivity contribution < 1.29 is 37.7 Å². The van der Waals surface area contributed by atoms with Crippen LogP contribution in [0.5, 0.6) is 0 Å². The molecule has 2 heterocycles. The molecule has 0 spiro atoms. The molecule has 1 aromatic heterocycles. The Hall–Kier alpha value is -3.42. The highest BCUT2D eigenvalue weighted by Crippen LogP contribution is 2.44. The fourth-order valence-corrected chi connectivity index (χ4v) is 2.89. The summed E-state index contributed by atoms with van der Waals surface area (Å²) in [7, 11) is 0. The summed E-state index contributed by atoms with van der Waals surface area (Å²) in [4.78, 5) is 39.3. The molecule has 3 rings (SSSR count). The summed E-state index contributed by atoms with van der Waals surface area (Å²) in [5.41, 5.74) is 3.87. The number of nitrogens with one attached hydrogen (secondary N) is 1. The monoisotopic (exact) mass is 440 g/mol. The van der Waals surface area contributed by atoms with E-state index in [1.165, 1.54) is 24.3 Å². The molecule has 166 valence electrons. The first-order chi connectivity index (χ1) is 14.8. The summed E-state index contributed by atoms with van der Waals surface area (Å²) in [6.45, 7) is -1.32. The number of nitrogens with zero attached hydrogens (tertiary/aromatic N) is 2. The number of ether oxygens (including phenoxy) is 3. The first-order valence-corrected chi connectivity index (χ1v) is 8.91. The van der Waals surface area contributed by atoms with Crippen LogP contribution in [0, 0.1) is 0 Å². The van der Waals surface area contributed by atoms with Crippen LogP contribution in [0.25, 0.3) is 0 Å². The normalized spacial score (nSPS) is 22.0. The number of aliphatic hydroxyl groups is 1. The topological polar surface area (TPSA) is 155 Å². The number of aliphatic hydroxyl groups excluding tert-OH is 1. The molecule has 2 aromatic rings. The molecule has 13 heteroatoms. The minimum Gasteiger partial charge on any atom is -0.449 e. The summed E-state index contributed by atoms with van der Waals surface area (Å²) in [5, 5.41) is 11.5. The first-order valence-electron chi connectivity index (χ1n) is 8.91. The molecule has 31 heavy (non-hydrogen) atoms. The minimum atomic E-state index is -3.89. The lowest BCUT2D eigenvalue weighted by atomic mass is 10.1. The van der Waals surface area contributed by atoms with Gasteiger partial charge in [0, 0.05) is 6.20 Å². The number of aromatic nitrogens is 2. The molecule has 1 fully saturated rings. The maximum absolute atomic E-state index is 15.1. The number of carbonyl (C=O) groups excluding carboxylic acids is 2. The fraction of sp³-hybridized carbons (Fsp3) is 0.333. The largest absolute Gasteiger partial charge is 0.449 e. The highest BCUT2D eigenvalue weighted by molar-refractivity contribution is 5.89. The van der Waals surface area contributed by atoms with Gasteiger partial charge < -0.3 is 19.3 Å². The second kappa shape index (κ2) is 9.16. The number of carbonyl (C=O) groups is 2. The molecule has 0 aliphatic carbocycles. The number of hydrogen-bond acceptors (Lipinski definition) is 9. The van der Waals surface area contributed by atoms with Gasteiger partial charge in [0.15, 0.2) is 6.10 Å². The molecule has 3 atom stereocenters. The van der Waals surface area contributed by atoms with Crippen LogP contribution < -0.4 is 16.7 Å². The molecular weight excluding hydrogens is 422 g/mol. The molecule has 1 aliphatic rings. The number of nitrogens with two attached hydrogens (primary N) is 1. The van der Waals surface area contributed by atoms with Crippen molar-refractivity contribution in [2.75, 3.05) is 18.7 Å². The second-order valence-corrected chi connectivity index (χ2v) is 6.30. The van der Waals surface area contributed by atoms with Crippen LogP contribution in [0.2, 0.25) is 0 Å². The predicted molar refractivity (Wildman–Crippen MR) is 99.2 cm³/mol. The van der Waals surface area contributed by atoms with Crippen molar-refractivity contribution in [1.82, 2.24) is 9.55 Å². The van der Waals surface area contributed by atoms with Crippen LogP contribution in [0.15, 0.2) is 47.4 Å². The third kappa shape index (κ3) is 4.68. The van der Waals surface area contributed by atoms with Crippen molar-refractivity contribution in [3.8, 4) is 0 Å². The van der Waals surface area contributed by atoms with Crippen molar-refractivity contribution in [3.63, 3.8) is 0 Å². The quantitative estimate of drug-likeness (QED) is 0.429. The van der Waals surface area contributed by atoms with E-state index in [9.17, 15) is 19.5 Å².